The van der Waals surface area contributed by atoms with Crippen molar-refractivity contribution in [2.45, 2.75) is 44.5 Å². The number of pyridine rings is 1. The second-order valence-corrected chi connectivity index (χ2v) is 4.66. The predicted octanol–water partition coefficient (Wildman–Crippen LogP) is 2.19. The molecule has 0 aromatic carbocycles. The molecule has 1 aliphatic rings. The molecule has 2 unspecified atom stereocenters. The fourth-order valence-corrected chi connectivity index (χ4v) is 2.17. The van der Waals surface area contributed by atoms with Crippen LogP contribution in [0.1, 0.15) is 31.9 Å². The summed E-state index contributed by atoms with van der Waals surface area (Å²) in [4.78, 5) is 15.3. The Balaban J connectivity index is 1.78. The van der Waals surface area contributed by atoms with Crippen LogP contribution in [-0.2, 0) is 15.9 Å². The molecule has 1 aromatic rings. The van der Waals surface area contributed by atoms with E-state index in [0.29, 0.717) is 12.2 Å². The van der Waals surface area contributed by atoms with Crippen molar-refractivity contribution in [2.24, 2.45) is 0 Å². The Morgan fingerprint density at radius 2 is 2.41 bits per heavy atom. The molecule has 0 bridgehead atoms. The Kier molecular flexibility index (Phi) is 4.32. The van der Waals surface area contributed by atoms with Crippen molar-refractivity contribution < 1.29 is 9.45 Å². The van der Waals surface area contributed by atoms with Gasteiger partial charge in [0.1, 0.15) is 5.78 Å². The summed E-state index contributed by atoms with van der Waals surface area (Å²) >= 11 is 0. The maximum atomic E-state index is 11.0. The van der Waals surface area contributed by atoms with Crippen LogP contribution in [0, 0.1) is 0 Å². The zero-order chi connectivity index (χ0) is 12.1. The molecule has 0 saturated carbocycles. The minimum atomic E-state index is 0.0903. The fraction of sp³-hybridized carbons (Fsp3) is 0.538. The second-order valence-electron chi connectivity index (χ2n) is 4.66. The molecule has 2 rings (SSSR count). The summed E-state index contributed by atoms with van der Waals surface area (Å²) in [6.45, 7) is 1.61. The molecule has 0 aliphatic carbocycles. The van der Waals surface area contributed by atoms with E-state index in [-0.39, 0.29) is 11.9 Å². The third-order valence-electron chi connectivity index (χ3n) is 3.04. The molecule has 1 fully saturated rings. The molecule has 1 aliphatic heterocycles. The topological polar surface area (TPSA) is 39.2 Å². The Labute approximate surface area is 103 Å². The van der Waals surface area contributed by atoms with Gasteiger partial charge in [-0.2, -0.15) is 0 Å². The first kappa shape index (κ1) is 12.3. The van der Waals surface area contributed by atoms with Gasteiger partial charge in [0, 0.05) is 24.4 Å². The van der Waals surface area contributed by atoms with Crippen molar-refractivity contribution >= 4 is 13.3 Å². The average Bonchev–Trinajstić information content (AvgIpc) is 2.32. The minimum absolute atomic E-state index is 0.0903. The van der Waals surface area contributed by atoms with E-state index in [1.165, 1.54) is 0 Å². The lowest BCUT2D eigenvalue weighted by Crippen LogP contribution is -2.28. The van der Waals surface area contributed by atoms with Gasteiger partial charge in [0.25, 0.3) is 7.48 Å². The lowest BCUT2D eigenvalue weighted by molar-refractivity contribution is -0.118. The van der Waals surface area contributed by atoms with Crippen LogP contribution in [0.3, 0.4) is 0 Å². The van der Waals surface area contributed by atoms with Crippen molar-refractivity contribution in [3.8, 4) is 0 Å². The van der Waals surface area contributed by atoms with Gasteiger partial charge < -0.3 is 4.65 Å². The molecule has 0 N–H and O–H groups in total. The Hall–Kier alpha value is -1.16. The van der Waals surface area contributed by atoms with Crippen LogP contribution < -0.4 is 0 Å². The number of nitrogens with zero attached hydrogens (tertiary/aromatic N) is 1. The molecule has 0 amide bonds. The lowest BCUT2D eigenvalue weighted by atomic mass is 9.70. The van der Waals surface area contributed by atoms with Crippen molar-refractivity contribution in [3.63, 3.8) is 0 Å². The Morgan fingerprint density at radius 3 is 3.00 bits per heavy atom. The summed E-state index contributed by atoms with van der Waals surface area (Å²) in [5.41, 5.74) is 1.10. The van der Waals surface area contributed by atoms with E-state index in [2.05, 4.69) is 4.98 Å². The first-order chi connectivity index (χ1) is 8.24. The van der Waals surface area contributed by atoms with Gasteiger partial charge in [-0.25, -0.2) is 0 Å². The zero-order valence-corrected chi connectivity index (χ0v) is 10.1. The minimum Gasteiger partial charge on any atom is -0.437 e. The van der Waals surface area contributed by atoms with Crippen molar-refractivity contribution in [3.05, 3.63) is 30.1 Å². The summed E-state index contributed by atoms with van der Waals surface area (Å²) in [6.07, 6.45) is 5.41. The highest BCUT2D eigenvalue weighted by Gasteiger charge is 2.24. The molecule has 1 saturated heterocycles. The van der Waals surface area contributed by atoms with Crippen molar-refractivity contribution in [1.82, 2.24) is 4.98 Å². The van der Waals surface area contributed by atoms with E-state index >= 15 is 0 Å². The van der Waals surface area contributed by atoms with Gasteiger partial charge in [0.05, 0.1) is 0 Å². The molecule has 4 heteroatoms. The zero-order valence-electron chi connectivity index (χ0n) is 10.1. The highest BCUT2D eigenvalue weighted by atomic mass is 16.4. The van der Waals surface area contributed by atoms with Crippen LogP contribution in [-0.4, -0.2) is 24.4 Å². The van der Waals surface area contributed by atoms with E-state index in [0.717, 1.165) is 25.0 Å². The summed E-state index contributed by atoms with van der Waals surface area (Å²) in [5, 5.41) is 0. The molecular formula is C13H17BNO2. The van der Waals surface area contributed by atoms with E-state index in [4.69, 9.17) is 4.65 Å². The van der Waals surface area contributed by atoms with Crippen LogP contribution in [0.25, 0.3) is 0 Å². The second kappa shape index (κ2) is 5.96. The standard InChI is InChI=1S/C13H17BNO2/c1-10(16)8-13-6-5-11(14-17-13)9-12-4-2-3-7-15-12/h2-4,7,11,13H,5-6,8-9H2,1H3. The van der Waals surface area contributed by atoms with Gasteiger partial charge in [-0.15, -0.1) is 0 Å². The molecule has 0 spiro atoms. The molecule has 1 aromatic heterocycles. The van der Waals surface area contributed by atoms with Crippen LogP contribution in [0.2, 0.25) is 5.82 Å². The number of hydrogen-bond donors (Lipinski definition) is 0. The van der Waals surface area contributed by atoms with Crippen LogP contribution in [0.4, 0.5) is 0 Å². The Bertz CT molecular complexity index is 361. The van der Waals surface area contributed by atoms with Gasteiger partial charge in [0.2, 0.25) is 0 Å². The highest BCUT2D eigenvalue weighted by Crippen LogP contribution is 2.26. The lowest BCUT2D eigenvalue weighted by Gasteiger charge is -2.27. The average molecular weight is 230 g/mol. The first-order valence-corrected chi connectivity index (χ1v) is 6.12. The quantitative estimate of drug-likeness (QED) is 0.744. The summed E-state index contributed by atoms with van der Waals surface area (Å²) in [7, 11) is 1.89. The summed E-state index contributed by atoms with van der Waals surface area (Å²) < 4.78 is 5.60. The maximum Gasteiger partial charge on any atom is 0.296 e. The fourth-order valence-electron chi connectivity index (χ4n) is 2.17. The Morgan fingerprint density at radius 1 is 1.53 bits per heavy atom. The predicted molar refractivity (Wildman–Crippen MR) is 66.9 cm³/mol. The summed E-state index contributed by atoms with van der Waals surface area (Å²) in [5.74, 6) is 0.625. The smallest absolute Gasteiger partial charge is 0.296 e. The van der Waals surface area contributed by atoms with Crippen LogP contribution in [0.15, 0.2) is 24.4 Å². The largest absolute Gasteiger partial charge is 0.437 e. The van der Waals surface area contributed by atoms with Gasteiger partial charge in [-0.3, -0.25) is 9.78 Å². The number of ketones is 1. The number of Topliss-reactive ketones (excluding diaryl/α,β-unsaturated/α-hetero) is 1. The molecule has 17 heavy (non-hydrogen) atoms. The monoisotopic (exact) mass is 230 g/mol. The molecule has 2 heterocycles. The van der Waals surface area contributed by atoms with Crippen LogP contribution in [0.5, 0.6) is 0 Å². The van der Waals surface area contributed by atoms with E-state index in [9.17, 15) is 4.79 Å². The van der Waals surface area contributed by atoms with Gasteiger partial charge >= 0.3 is 0 Å². The van der Waals surface area contributed by atoms with E-state index in [1.54, 1.807) is 6.92 Å². The highest BCUT2D eigenvalue weighted by molar-refractivity contribution is 6.30. The third kappa shape index (κ3) is 3.97. The molecule has 1 radical (unpaired) electrons. The van der Waals surface area contributed by atoms with Gasteiger partial charge in [0.15, 0.2) is 0 Å². The van der Waals surface area contributed by atoms with Gasteiger partial charge in [-0.1, -0.05) is 12.5 Å². The molecule has 3 nitrogen and oxygen atoms in total. The van der Waals surface area contributed by atoms with E-state index < -0.39 is 0 Å². The SMILES string of the molecule is CC(=O)CC1CCC(Cc2ccccn2)[B]O1. The van der Waals surface area contributed by atoms with Crippen LogP contribution >= 0.6 is 0 Å². The third-order valence-corrected chi connectivity index (χ3v) is 3.04. The van der Waals surface area contributed by atoms with Gasteiger partial charge in [-0.05, 0) is 37.7 Å². The molecule has 2 atom stereocenters. The number of hydrogen-bond acceptors (Lipinski definition) is 3. The number of rotatable bonds is 4. The van der Waals surface area contributed by atoms with E-state index in [1.807, 2.05) is 31.9 Å². The number of carbonyl (C=O) groups is 1. The maximum absolute atomic E-state index is 11.0. The number of aromatic nitrogens is 1. The normalized spacial score (nSPS) is 24.1. The summed E-state index contributed by atoms with van der Waals surface area (Å²) in [6, 6.07) is 5.97. The molecular weight excluding hydrogens is 213 g/mol. The van der Waals surface area contributed by atoms with Crippen molar-refractivity contribution in [2.75, 3.05) is 0 Å². The van der Waals surface area contributed by atoms with Crippen molar-refractivity contribution in [1.29, 1.82) is 0 Å². The first-order valence-electron chi connectivity index (χ1n) is 6.12. The molecule has 89 valence electrons. The number of carbonyl (C=O) groups excluding carboxylic acids is 1.